The monoisotopic (exact) mass is 252 g/mol. The smallest absolute Gasteiger partial charge is 0.201 e. The third-order valence-corrected chi connectivity index (χ3v) is 3.03. The summed E-state index contributed by atoms with van der Waals surface area (Å²) >= 11 is 0. The summed E-state index contributed by atoms with van der Waals surface area (Å²) < 4.78 is 3.62. The number of anilines is 1. The molecule has 1 aromatic carbocycles. The summed E-state index contributed by atoms with van der Waals surface area (Å²) in [7, 11) is 1.87. The molecule has 6 nitrogen and oxygen atoms in total. The number of benzene rings is 1. The van der Waals surface area contributed by atoms with Crippen LogP contribution in [-0.2, 0) is 13.6 Å². The highest BCUT2D eigenvalue weighted by Gasteiger charge is 2.12. The Morgan fingerprint density at radius 3 is 2.95 bits per heavy atom. The number of imidazole rings is 1. The van der Waals surface area contributed by atoms with Crippen molar-refractivity contribution in [3.8, 4) is 6.07 Å². The number of hydrogen-bond acceptors (Lipinski definition) is 4. The second-order valence-electron chi connectivity index (χ2n) is 4.36. The maximum atomic E-state index is 9.08. The second-order valence-corrected chi connectivity index (χ2v) is 4.36. The molecule has 0 aliphatic heterocycles. The Balaban J connectivity index is 2.14. The van der Waals surface area contributed by atoms with E-state index >= 15 is 0 Å². The normalized spacial score (nSPS) is 10.7. The first-order valence-electron chi connectivity index (χ1n) is 5.81. The van der Waals surface area contributed by atoms with Crippen molar-refractivity contribution < 1.29 is 0 Å². The van der Waals surface area contributed by atoms with Gasteiger partial charge in [-0.25, -0.2) is 4.98 Å². The van der Waals surface area contributed by atoms with Gasteiger partial charge < -0.3 is 10.3 Å². The van der Waals surface area contributed by atoms with Crippen LogP contribution in [-0.4, -0.2) is 19.3 Å². The number of hydrogen-bond donors (Lipinski definition) is 1. The Morgan fingerprint density at radius 1 is 1.42 bits per heavy atom. The van der Waals surface area contributed by atoms with Crippen molar-refractivity contribution in [2.45, 2.75) is 6.54 Å². The van der Waals surface area contributed by atoms with Crippen molar-refractivity contribution >= 4 is 17.0 Å². The molecule has 3 rings (SSSR count). The summed E-state index contributed by atoms with van der Waals surface area (Å²) in [5.74, 6) is 0.404. The van der Waals surface area contributed by atoms with Crippen molar-refractivity contribution in [1.82, 2.24) is 19.3 Å². The minimum atomic E-state index is 0.404. The lowest BCUT2D eigenvalue weighted by molar-refractivity contribution is 0.765. The molecule has 0 unspecified atom stereocenters. The number of rotatable bonds is 2. The highest BCUT2D eigenvalue weighted by atomic mass is 15.2. The summed E-state index contributed by atoms with van der Waals surface area (Å²) in [6.45, 7) is 0.588. The molecular weight excluding hydrogens is 240 g/mol. The second kappa shape index (κ2) is 4.14. The molecule has 6 heteroatoms. The summed E-state index contributed by atoms with van der Waals surface area (Å²) in [5.41, 5.74) is 9.03. The van der Waals surface area contributed by atoms with Crippen LogP contribution < -0.4 is 5.73 Å². The van der Waals surface area contributed by atoms with E-state index in [1.807, 2.05) is 29.9 Å². The molecule has 19 heavy (non-hydrogen) atoms. The molecule has 0 aliphatic carbocycles. The van der Waals surface area contributed by atoms with E-state index in [4.69, 9.17) is 11.0 Å². The zero-order valence-corrected chi connectivity index (χ0v) is 10.4. The lowest BCUT2D eigenvalue weighted by atomic mass is 10.2. The predicted octanol–water partition coefficient (Wildman–Crippen LogP) is 1.27. The maximum absolute atomic E-state index is 9.08. The first-order chi connectivity index (χ1) is 9.19. The van der Waals surface area contributed by atoms with Crippen LogP contribution in [0.5, 0.6) is 0 Å². The van der Waals surface area contributed by atoms with Crippen LogP contribution in [0.2, 0.25) is 0 Å². The van der Waals surface area contributed by atoms with Crippen LogP contribution in [0, 0.1) is 11.3 Å². The number of aromatic nitrogens is 4. The Morgan fingerprint density at radius 2 is 2.26 bits per heavy atom. The topological polar surface area (TPSA) is 85.5 Å². The van der Waals surface area contributed by atoms with E-state index in [1.165, 1.54) is 0 Å². The van der Waals surface area contributed by atoms with Crippen LogP contribution in [0.25, 0.3) is 11.0 Å². The molecule has 0 atom stereocenters. The van der Waals surface area contributed by atoms with Crippen molar-refractivity contribution in [2.24, 2.45) is 7.05 Å². The fourth-order valence-electron chi connectivity index (χ4n) is 2.16. The molecule has 0 saturated heterocycles. The van der Waals surface area contributed by atoms with Gasteiger partial charge in [-0.2, -0.15) is 10.4 Å². The zero-order valence-electron chi connectivity index (χ0n) is 10.4. The van der Waals surface area contributed by atoms with Crippen molar-refractivity contribution in [2.75, 3.05) is 5.73 Å². The van der Waals surface area contributed by atoms with E-state index in [9.17, 15) is 0 Å². The number of nitrogens with zero attached hydrogens (tertiary/aromatic N) is 5. The zero-order chi connectivity index (χ0) is 13.4. The van der Waals surface area contributed by atoms with Crippen LogP contribution in [0.3, 0.4) is 0 Å². The first-order valence-corrected chi connectivity index (χ1v) is 5.81. The van der Waals surface area contributed by atoms with Crippen LogP contribution in [0.1, 0.15) is 11.1 Å². The third-order valence-electron chi connectivity index (χ3n) is 3.03. The third kappa shape index (κ3) is 1.81. The number of para-hydroxylation sites is 1. The quantitative estimate of drug-likeness (QED) is 0.744. The average molecular weight is 252 g/mol. The highest BCUT2D eigenvalue weighted by molar-refractivity contribution is 5.84. The van der Waals surface area contributed by atoms with Gasteiger partial charge in [-0.05, 0) is 12.1 Å². The number of nitrogens with two attached hydrogens (primary N) is 1. The van der Waals surface area contributed by atoms with Gasteiger partial charge in [0.2, 0.25) is 5.95 Å². The molecule has 2 heterocycles. The Hall–Kier alpha value is -2.81. The number of aryl methyl sites for hydroxylation is 1. The molecule has 0 aliphatic rings. The number of nitriles is 1. The van der Waals surface area contributed by atoms with Crippen LogP contribution in [0.4, 0.5) is 5.95 Å². The van der Waals surface area contributed by atoms with Gasteiger partial charge >= 0.3 is 0 Å². The highest BCUT2D eigenvalue weighted by Crippen LogP contribution is 2.22. The lowest BCUT2D eigenvalue weighted by Gasteiger charge is -2.04. The molecule has 0 fully saturated rings. The van der Waals surface area contributed by atoms with Gasteiger partial charge in [-0.1, -0.05) is 6.07 Å². The predicted molar refractivity (Wildman–Crippen MR) is 71.2 cm³/mol. The number of nitrogen functional groups attached to an aromatic ring is 1. The first kappa shape index (κ1) is 11.3. The van der Waals surface area contributed by atoms with Gasteiger partial charge in [0, 0.05) is 18.8 Å². The minimum Gasteiger partial charge on any atom is -0.369 e. The van der Waals surface area contributed by atoms with Crippen LogP contribution >= 0.6 is 0 Å². The molecule has 0 bridgehead atoms. The maximum Gasteiger partial charge on any atom is 0.201 e. The van der Waals surface area contributed by atoms with E-state index in [0.29, 0.717) is 23.6 Å². The summed E-state index contributed by atoms with van der Waals surface area (Å²) in [6.07, 6.45) is 3.72. The largest absolute Gasteiger partial charge is 0.369 e. The van der Waals surface area contributed by atoms with Crippen molar-refractivity contribution in [3.63, 3.8) is 0 Å². The fraction of sp³-hybridized carbons (Fsp3) is 0.154. The fourth-order valence-corrected chi connectivity index (χ4v) is 2.16. The Kier molecular flexibility index (Phi) is 2.46. The minimum absolute atomic E-state index is 0.404. The van der Waals surface area contributed by atoms with E-state index in [0.717, 1.165) is 11.1 Å². The molecule has 0 radical (unpaired) electrons. The molecule has 3 aromatic rings. The van der Waals surface area contributed by atoms with Crippen molar-refractivity contribution in [1.29, 1.82) is 5.26 Å². The summed E-state index contributed by atoms with van der Waals surface area (Å²) in [6, 6.07) is 7.62. The van der Waals surface area contributed by atoms with Gasteiger partial charge in [-0.3, -0.25) is 4.68 Å². The summed E-state index contributed by atoms with van der Waals surface area (Å²) in [5, 5.41) is 13.2. The van der Waals surface area contributed by atoms with Crippen LogP contribution in [0.15, 0.2) is 30.6 Å². The Bertz CT molecular complexity index is 789. The van der Waals surface area contributed by atoms with Gasteiger partial charge in [0.15, 0.2) is 0 Å². The molecule has 2 aromatic heterocycles. The Labute approximate surface area is 109 Å². The average Bonchev–Trinajstić information content (AvgIpc) is 2.94. The van der Waals surface area contributed by atoms with Crippen molar-refractivity contribution in [3.05, 3.63) is 41.7 Å². The van der Waals surface area contributed by atoms with E-state index in [-0.39, 0.29) is 0 Å². The molecule has 2 N–H and O–H groups in total. The molecule has 0 saturated carbocycles. The SMILES string of the molecule is Cn1cc(Cn2c(N)nc3c(C#N)cccc32)cn1. The molecule has 0 amide bonds. The molecule has 94 valence electrons. The molecule has 0 spiro atoms. The standard InChI is InChI=1S/C13H12N6/c1-18-7-9(6-16-18)8-19-11-4-2-3-10(5-14)12(11)17-13(19)15/h2-4,6-7H,8H2,1H3,(H2,15,17). The van der Waals surface area contributed by atoms with E-state index < -0.39 is 0 Å². The van der Waals surface area contributed by atoms with Gasteiger partial charge in [0.1, 0.15) is 11.6 Å². The lowest BCUT2D eigenvalue weighted by Crippen LogP contribution is -2.03. The van der Waals surface area contributed by atoms with Gasteiger partial charge in [-0.15, -0.1) is 0 Å². The summed E-state index contributed by atoms with van der Waals surface area (Å²) in [4.78, 5) is 4.28. The van der Waals surface area contributed by atoms with Gasteiger partial charge in [0.25, 0.3) is 0 Å². The van der Waals surface area contributed by atoms with E-state index in [2.05, 4.69) is 16.2 Å². The molecular formula is C13H12N6. The number of fused-ring (bicyclic) bond motifs is 1. The van der Waals surface area contributed by atoms with Gasteiger partial charge in [0.05, 0.1) is 23.8 Å². The van der Waals surface area contributed by atoms with E-state index in [1.54, 1.807) is 16.9 Å².